The van der Waals surface area contributed by atoms with Crippen molar-refractivity contribution < 1.29 is 26.4 Å². The van der Waals surface area contributed by atoms with Crippen LogP contribution >= 0.6 is 23.2 Å². The van der Waals surface area contributed by atoms with Crippen LogP contribution in [-0.2, 0) is 21.0 Å². The summed E-state index contributed by atoms with van der Waals surface area (Å²) in [6.07, 6.45) is -4.18. The van der Waals surface area contributed by atoms with Crippen LogP contribution in [0.2, 0.25) is 10.0 Å². The zero-order valence-electron chi connectivity index (χ0n) is 15.4. The molecule has 1 amide bonds. The van der Waals surface area contributed by atoms with Crippen molar-refractivity contribution in [1.82, 2.24) is 4.31 Å². The van der Waals surface area contributed by atoms with Crippen LogP contribution in [0.4, 0.5) is 18.9 Å². The SMILES string of the molecule is O=C(Nc1ccc(Cl)cc1Cl)C1CCN(S(=O)(=O)c2cccc(C(F)(F)F)c2)CC1. The third kappa shape index (κ3) is 5.08. The number of hydrogen-bond acceptors (Lipinski definition) is 3. The Labute approximate surface area is 181 Å². The molecule has 3 rings (SSSR count). The number of benzene rings is 2. The monoisotopic (exact) mass is 480 g/mol. The van der Waals surface area contributed by atoms with Crippen LogP contribution in [0.25, 0.3) is 0 Å². The molecule has 0 atom stereocenters. The Hall–Kier alpha value is -1.81. The van der Waals surface area contributed by atoms with Gasteiger partial charge in [0, 0.05) is 24.0 Å². The second-order valence-corrected chi connectivity index (χ2v) is 9.60. The summed E-state index contributed by atoms with van der Waals surface area (Å²) in [7, 11) is -4.10. The van der Waals surface area contributed by atoms with Crippen LogP contribution in [0.3, 0.4) is 0 Å². The van der Waals surface area contributed by atoms with Crippen LogP contribution in [-0.4, -0.2) is 31.7 Å². The Morgan fingerprint density at radius 1 is 1.07 bits per heavy atom. The third-order valence-corrected chi connectivity index (χ3v) is 7.26. The molecule has 1 saturated heterocycles. The predicted molar refractivity (Wildman–Crippen MR) is 108 cm³/mol. The van der Waals surface area contributed by atoms with Gasteiger partial charge in [0.25, 0.3) is 0 Å². The first-order chi connectivity index (χ1) is 14.0. The number of piperidine rings is 1. The van der Waals surface area contributed by atoms with Gasteiger partial charge in [0.15, 0.2) is 0 Å². The van der Waals surface area contributed by atoms with Crippen LogP contribution in [0.15, 0.2) is 47.4 Å². The lowest BCUT2D eigenvalue weighted by Gasteiger charge is -2.30. The molecule has 1 aliphatic heterocycles. The molecule has 1 fully saturated rings. The third-order valence-electron chi connectivity index (χ3n) is 4.81. The van der Waals surface area contributed by atoms with Crippen molar-refractivity contribution in [3.05, 3.63) is 58.1 Å². The van der Waals surface area contributed by atoms with E-state index >= 15 is 0 Å². The van der Waals surface area contributed by atoms with Crippen molar-refractivity contribution in [1.29, 1.82) is 0 Å². The largest absolute Gasteiger partial charge is 0.416 e. The van der Waals surface area contributed by atoms with Crippen LogP contribution in [0, 0.1) is 5.92 Å². The standard InChI is InChI=1S/C19H17Cl2F3N2O3S/c20-14-4-5-17(16(21)11-14)25-18(27)12-6-8-26(9-7-12)30(28,29)15-3-1-2-13(10-15)19(22,23)24/h1-5,10-12H,6-9H2,(H,25,27). The molecule has 1 N–H and O–H groups in total. The van der Waals surface area contributed by atoms with E-state index in [2.05, 4.69) is 5.32 Å². The Morgan fingerprint density at radius 3 is 2.33 bits per heavy atom. The van der Waals surface area contributed by atoms with Gasteiger partial charge in [0.05, 0.1) is 21.2 Å². The van der Waals surface area contributed by atoms with E-state index in [1.54, 1.807) is 12.1 Å². The smallest absolute Gasteiger partial charge is 0.325 e. The molecule has 2 aromatic rings. The van der Waals surface area contributed by atoms with Gasteiger partial charge in [-0.3, -0.25) is 4.79 Å². The van der Waals surface area contributed by atoms with Crippen molar-refractivity contribution in [2.24, 2.45) is 5.92 Å². The summed E-state index contributed by atoms with van der Waals surface area (Å²) < 4.78 is 65.3. The highest BCUT2D eigenvalue weighted by atomic mass is 35.5. The molecule has 30 heavy (non-hydrogen) atoms. The molecule has 0 bridgehead atoms. The van der Waals surface area contributed by atoms with Crippen molar-refractivity contribution in [2.45, 2.75) is 23.9 Å². The van der Waals surface area contributed by atoms with Crippen LogP contribution < -0.4 is 5.32 Å². The van der Waals surface area contributed by atoms with Gasteiger partial charge in [0.2, 0.25) is 15.9 Å². The normalized spacial score (nSPS) is 16.4. The summed E-state index contributed by atoms with van der Waals surface area (Å²) in [6.45, 7) is 0.0377. The van der Waals surface area contributed by atoms with Gasteiger partial charge in [0.1, 0.15) is 0 Å². The molecule has 0 spiro atoms. The van der Waals surface area contributed by atoms with E-state index in [1.165, 1.54) is 6.07 Å². The van der Waals surface area contributed by atoms with Gasteiger partial charge >= 0.3 is 6.18 Å². The molecule has 11 heteroatoms. The van der Waals surface area contributed by atoms with Crippen molar-refractivity contribution in [3.63, 3.8) is 0 Å². The van der Waals surface area contributed by atoms with E-state index in [4.69, 9.17) is 23.2 Å². The lowest BCUT2D eigenvalue weighted by atomic mass is 9.97. The van der Waals surface area contributed by atoms with E-state index in [9.17, 15) is 26.4 Å². The zero-order chi connectivity index (χ0) is 22.1. The predicted octanol–water partition coefficient (Wildman–Crippen LogP) is 5.05. The molecular formula is C19H17Cl2F3N2O3S. The molecule has 0 aromatic heterocycles. The number of carbonyl (C=O) groups excluding carboxylic acids is 1. The molecule has 0 aliphatic carbocycles. The van der Waals surface area contributed by atoms with E-state index in [0.29, 0.717) is 16.8 Å². The van der Waals surface area contributed by atoms with Crippen LogP contribution in [0.1, 0.15) is 18.4 Å². The number of nitrogens with one attached hydrogen (secondary N) is 1. The Kier molecular flexibility index (Phi) is 6.66. The first-order valence-corrected chi connectivity index (χ1v) is 11.1. The minimum absolute atomic E-state index is 0.0189. The van der Waals surface area contributed by atoms with Crippen molar-refractivity contribution in [3.8, 4) is 0 Å². The molecule has 2 aromatic carbocycles. The number of sulfonamides is 1. The van der Waals surface area contributed by atoms with Crippen molar-refractivity contribution >= 4 is 44.8 Å². The number of carbonyl (C=O) groups is 1. The lowest BCUT2D eigenvalue weighted by molar-refractivity contribution is -0.137. The zero-order valence-corrected chi connectivity index (χ0v) is 17.7. The van der Waals surface area contributed by atoms with E-state index in [-0.39, 0.29) is 36.9 Å². The second-order valence-electron chi connectivity index (χ2n) is 6.82. The molecule has 0 unspecified atom stereocenters. The quantitative estimate of drug-likeness (QED) is 0.665. The number of alkyl halides is 3. The minimum atomic E-state index is -4.64. The summed E-state index contributed by atoms with van der Waals surface area (Å²) in [5.41, 5.74) is -0.636. The molecule has 1 aliphatic rings. The summed E-state index contributed by atoms with van der Waals surface area (Å²) in [5, 5.41) is 3.39. The lowest BCUT2D eigenvalue weighted by Crippen LogP contribution is -2.41. The molecule has 5 nitrogen and oxygen atoms in total. The highest BCUT2D eigenvalue weighted by Gasteiger charge is 2.35. The first kappa shape index (κ1) is 22.9. The summed E-state index contributed by atoms with van der Waals surface area (Å²) in [4.78, 5) is 12.1. The van der Waals surface area contributed by atoms with E-state index in [1.807, 2.05) is 0 Å². The Bertz CT molecular complexity index is 1050. The van der Waals surface area contributed by atoms with Gasteiger partial charge in [-0.1, -0.05) is 29.3 Å². The maximum Gasteiger partial charge on any atom is 0.416 e. The summed E-state index contributed by atoms with van der Waals surface area (Å²) >= 11 is 11.9. The molecule has 0 saturated carbocycles. The fraction of sp³-hybridized carbons (Fsp3) is 0.316. The second kappa shape index (κ2) is 8.74. The summed E-state index contributed by atoms with van der Waals surface area (Å²) in [6, 6.07) is 8.26. The fourth-order valence-electron chi connectivity index (χ4n) is 3.17. The average Bonchev–Trinajstić information content (AvgIpc) is 2.69. The van der Waals surface area contributed by atoms with Gasteiger partial charge in [-0.05, 0) is 49.2 Å². The van der Waals surface area contributed by atoms with Gasteiger partial charge < -0.3 is 5.32 Å². The first-order valence-electron chi connectivity index (χ1n) is 8.92. The Morgan fingerprint density at radius 2 is 1.73 bits per heavy atom. The maximum atomic E-state index is 12.9. The summed E-state index contributed by atoms with van der Waals surface area (Å²) in [5.74, 6) is -0.764. The number of nitrogens with zero attached hydrogens (tertiary/aromatic N) is 1. The van der Waals surface area contributed by atoms with Gasteiger partial charge in [-0.15, -0.1) is 0 Å². The number of amides is 1. The number of rotatable bonds is 4. The maximum absolute atomic E-state index is 12.9. The van der Waals surface area contributed by atoms with E-state index in [0.717, 1.165) is 22.5 Å². The fourth-order valence-corrected chi connectivity index (χ4v) is 5.14. The van der Waals surface area contributed by atoms with Crippen LogP contribution in [0.5, 0.6) is 0 Å². The highest BCUT2D eigenvalue weighted by Crippen LogP contribution is 2.32. The topological polar surface area (TPSA) is 66.5 Å². The Balaban J connectivity index is 1.66. The number of hydrogen-bond donors (Lipinski definition) is 1. The average molecular weight is 481 g/mol. The number of anilines is 1. The van der Waals surface area contributed by atoms with Gasteiger partial charge in [-0.2, -0.15) is 17.5 Å². The molecule has 0 radical (unpaired) electrons. The molecule has 1 heterocycles. The number of halogens is 5. The molecular weight excluding hydrogens is 464 g/mol. The van der Waals surface area contributed by atoms with Crippen molar-refractivity contribution in [2.75, 3.05) is 18.4 Å². The minimum Gasteiger partial charge on any atom is -0.325 e. The van der Waals surface area contributed by atoms with E-state index < -0.39 is 32.6 Å². The highest BCUT2D eigenvalue weighted by molar-refractivity contribution is 7.89. The molecule has 162 valence electrons. The van der Waals surface area contributed by atoms with Gasteiger partial charge in [-0.25, -0.2) is 8.42 Å².